The van der Waals surface area contributed by atoms with E-state index in [0.29, 0.717) is 23.7 Å². The molecule has 0 radical (unpaired) electrons. The highest BCUT2D eigenvalue weighted by Crippen LogP contribution is 2.18. The molecular weight excluding hydrogens is 250 g/mol. The number of halogens is 1. The number of nitrogens with one attached hydrogen (secondary N) is 2. The molecular formula is C9H10ClN3O2S. The molecule has 1 unspecified atom stereocenters. The fraction of sp³-hybridized carbons (Fsp3) is 0.444. The van der Waals surface area contributed by atoms with Gasteiger partial charge < -0.3 is 0 Å². The number of hydrogen-bond donors (Lipinski definition) is 2. The number of thiazole rings is 1. The van der Waals surface area contributed by atoms with Crippen LogP contribution in [0.5, 0.6) is 0 Å². The van der Waals surface area contributed by atoms with Gasteiger partial charge in [0.25, 0.3) is 0 Å². The van der Waals surface area contributed by atoms with Crippen LogP contribution in [0.4, 0.5) is 0 Å². The van der Waals surface area contributed by atoms with Crippen molar-refractivity contribution < 1.29 is 9.59 Å². The smallest absolute Gasteiger partial charge is 0.243 e. The van der Waals surface area contributed by atoms with Crippen LogP contribution >= 0.6 is 22.9 Å². The largest absolute Gasteiger partial charge is 0.299 e. The molecule has 2 amide bonds. The van der Waals surface area contributed by atoms with Crippen LogP contribution in [0.3, 0.4) is 0 Å². The number of piperidine rings is 1. The van der Waals surface area contributed by atoms with E-state index in [1.165, 1.54) is 11.3 Å². The van der Waals surface area contributed by atoms with Gasteiger partial charge >= 0.3 is 0 Å². The standard InChI is InChI=1S/C9H10ClN3O2S/c10-6-3-12-8(16-6)4-11-5-1-2-7(14)13-9(5)15/h3,5,11H,1-2,4H2,(H,13,14,15). The molecule has 1 aliphatic rings. The minimum Gasteiger partial charge on any atom is -0.299 e. The maximum absolute atomic E-state index is 11.4. The van der Waals surface area contributed by atoms with E-state index in [4.69, 9.17) is 11.6 Å². The number of imide groups is 1. The topological polar surface area (TPSA) is 71.1 Å². The van der Waals surface area contributed by atoms with Gasteiger partial charge in [0.15, 0.2) is 0 Å². The molecule has 1 aromatic rings. The Bertz CT molecular complexity index is 421. The van der Waals surface area contributed by atoms with Gasteiger partial charge in [-0.15, -0.1) is 11.3 Å². The summed E-state index contributed by atoms with van der Waals surface area (Å²) in [5, 5.41) is 6.16. The zero-order valence-electron chi connectivity index (χ0n) is 8.33. The Morgan fingerprint density at radius 3 is 3.06 bits per heavy atom. The first kappa shape index (κ1) is 11.5. The third-order valence-corrected chi connectivity index (χ3v) is 3.38. The Kier molecular flexibility index (Phi) is 3.52. The minimum atomic E-state index is -0.319. The van der Waals surface area contributed by atoms with Crippen LogP contribution in [0.15, 0.2) is 6.20 Å². The Labute approximate surface area is 101 Å². The Balaban J connectivity index is 1.86. The van der Waals surface area contributed by atoms with Crippen molar-refractivity contribution in [1.82, 2.24) is 15.6 Å². The molecule has 1 atom stereocenters. The maximum atomic E-state index is 11.4. The number of aromatic nitrogens is 1. The predicted molar refractivity (Wildman–Crippen MR) is 60.1 cm³/mol. The predicted octanol–water partition coefficient (Wildman–Crippen LogP) is 0.691. The molecule has 5 nitrogen and oxygen atoms in total. The number of carbonyl (C=O) groups is 2. The second kappa shape index (κ2) is 4.90. The Hall–Kier alpha value is -0.980. The van der Waals surface area contributed by atoms with Gasteiger partial charge in [0.2, 0.25) is 11.8 Å². The van der Waals surface area contributed by atoms with Crippen molar-refractivity contribution in [3.63, 3.8) is 0 Å². The van der Waals surface area contributed by atoms with E-state index in [0.717, 1.165) is 5.01 Å². The molecule has 1 saturated heterocycles. The average molecular weight is 260 g/mol. The second-order valence-corrected chi connectivity index (χ2v) is 5.19. The van der Waals surface area contributed by atoms with Crippen LogP contribution in [0.1, 0.15) is 17.8 Å². The van der Waals surface area contributed by atoms with Crippen molar-refractivity contribution in [3.05, 3.63) is 15.5 Å². The van der Waals surface area contributed by atoms with Gasteiger partial charge in [-0.3, -0.25) is 20.2 Å². The lowest BCUT2D eigenvalue weighted by Gasteiger charge is -2.21. The summed E-state index contributed by atoms with van der Waals surface area (Å²) >= 11 is 7.11. The van der Waals surface area contributed by atoms with Crippen LogP contribution in [0.25, 0.3) is 0 Å². The summed E-state index contributed by atoms with van der Waals surface area (Å²) in [5.41, 5.74) is 0. The lowest BCUT2D eigenvalue weighted by molar-refractivity contribution is -0.134. The summed E-state index contributed by atoms with van der Waals surface area (Å²) in [6.45, 7) is 0.490. The van der Waals surface area contributed by atoms with Crippen molar-refractivity contribution in [3.8, 4) is 0 Å². The van der Waals surface area contributed by atoms with Crippen molar-refractivity contribution >= 4 is 34.8 Å². The highest BCUT2D eigenvalue weighted by atomic mass is 35.5. The fourth-order valence-electron chi connectivity index (χ4n) is 1.47. The zero-order valence-corrected chi connectivity index (χ0v) is 9.90. The normalized spacial score (nSPS) is 20.9. The first-order valence-electron chi connectivity index (χ1n) is 4.82. The number of hydrogen-bond acceptors (Lipinski definition) is 5. The van der Waals surface area contributed by atoms with Crippen molar-refractivity contribution in [1.29, 1.82) is 0 Å². The quantitative estimate of drug-likeness (QED) is 0.784. The van der Waals surface area contributed by atoms with Crippen LogP contribution in [-0.2, 0) is 16.1 Å². The zero-order chi connectivity index (χ0) is 11.5. The second-order valence-electron chi connectivity index (χ2n) is 3.44. The van der Waals surface area contributed by atoms with Gasteiger partial charge in [-0.05, 0) is 6.42 Å². The lowest BCUT2D eigenvalue weighted by atomic mass is 10.1. The van der Waals surface area contributed by atoms with E-state index in [9.17, 15) is 9.59 Å². The summed E-state index contributed by atoms with van der Waals surface area (Å²) in [6.07, 6.45) is 2.49. The fourth-order valence-corrected chi connectivity index (χ4v) is 2.38. The van der Waals surface area contributed by atoms with Crippen LogP contribution in [0.2, 0.25) is 4.34 Å². The van der Waals surface area contributed by atoms with Crippen molar-refractivity contribution in [2.75, 3.05) is 0 Å². The summed E-state index contributed by atoms with van der Waals surface area (Å²) in [6, 6.07) is -0.319. The molecule has 2 heterocycles. The van der Waals surface area contributed by atoms with E-state index in [1.54, 1.807) is 6.20 Å². The van der Waals surface area contributed by atoms with Gasteiger partial charge in [0.1, 0.15) is 9.34 Å². The van der Waals surface area contributed by atoms with Crippen molar-refractivity contribution in [2.45, 2.75) is 25.4 Å². The summed E-state index contributed by atoms with van der Waals surface area (Å²) in [4.78, 5) is 26.4. The third-order valence-electron chi connectivity index (χ3n) is 2.26. The SMILES string of the molecule is O=C1CCC(NCc2ncc(Cl)s2)C(=O)N1. The average Bonchev–Trinajstić information content (AvgIpc) is 2.63. The van der Waals surface area contributed by atoms with E-state index < -0.39 is 0 Å². The first-order chi connectivity index (χ1) is 7.65. The van der Waals surface area contributed by atoms with E-state index in [-0.39, 0.29) is 17.9 Å². The number of nitrogens with zero attached hydrogens (tertiary/aromatic N) is 1. The van der Waals surface area contributed by atoms with E-state index in [2.05, 4.69) is 15.6 Å². The van der Waals surface area contributed by atoms with Crippen molar-refractivity contribution in [2.24, 2.45) is 0 Å². The highest BCUT2D eigenvalue weighted by molar-refractivity contribution is 7.15. The van der Waals surface area contributed by atoms with Crippen LogP contribution < -0.4 is 10.6 Å². The molecule has 2 N–H and O–H groups in total. The van der Waals surface area contributed by atoms with Gasteiger partial charge in [-0.1, -0.05) is 11.6 Å². The maximum Gasteiger partial charge on any atom is 0.243 e. The molecule has 0 saturated carbocycles. The van der Waals surface area contributed by atoms with Gasteiger partial charge in [-0.25, -0.2) is 4.98 Å². The van der Waals surface area contributed by atoms with Gasteiger partial charge in [0, 0.05) is 13.0 Å². The van der Waals surface area contributed by atoms with Crippen LogP contribution in [0, 0.1) is 0 Å². The molecule has 1 aliphatic heterocycles. The van der Waals surface area contributed by atoms with Gasteiger partial charge in [-0.2, -0.15) is 0 Å². The third kappa shape index (κ3) is 2.78. The van der Waals surface area contributed by atoms with Crippen LogP contribution in [-0.4, -0.2) is 22.8 Å². The van der Waals surface area contributed by atoms with E-state index in [1.807, 2.05) is 0 Å². The minimum absolute atomic E-state index is 0.208. The molecule has 7 heteroatoms. The molecule has 16 heavy (non-hydrogen) atoms. The number of carbonyl (C=O) groups excluding carboxylic acids is 2. The summed E-state index contributed by atoms with van der Waals surface area (Å²) in [7, 11) is 0. The van der Waals surface area contributed by atoms with E-state index >= 15 is 0 Å². The molecule has 86 valence electrons. The molecule has 1 aromatic heterocycles. The molecule has 0 aliphatic carbocycles. The Morgan fingerprint density at radius 2 is 2.44 bits per heavy atom. The highest BCUT2D eigenvalue weighted by Gasteiger charge is 2.25. The Morgan fingerprint density at radius 1 is 1.62 bits per heavy atom. The summed E-state index contributed by atoms with van der Waals surface area (Å²) < 4.78 is 0.625. The molecule has 0 aromatic carbocycles. The lowest BCUT2D eigenvalue weighted by Crippen LogP contribution is -2.50. The number of amides is 2. The first-order valence-corrected chi connectivity index (χ1v) is 6.02. The monoisotopic (exact) mass is 259 g/mol. The van der Waals surface area contributed by atoms with Gasteiger partial charge in [0.05, 0.1) is 12.2 Å². The molecule has 1 fully saturated rings. The number of rotatable bonds is 3. The molecule has 0 bridgehead atoms. The molecule has 2 rings (SSSR count). The molecule has 0 spiro atoms. The summed E-state index contributed by atoms with van der Waals surface area (Å²) in [5.74, 6) is -0.473.